The van der Waals surface area contributed by atoms with Crippen molar-refractivity contribution in [1.29, 1.82) is 0 Å². The molecule has 0 spiro atoms. The van der Waals surface area contributed by atoms with E-state index < -0.39 is 0 Å². The fourth-order valence-corrected chi connectivity index (χ4v) is 5.19. The van der Waals surface area contributed by atoms with Crippen LogP contribution in [0.2, 0.25) is 0 Å². The number of aromatic amines is 1. The standard InChI is InChI=1S/C24H22N2/c1-4-10-21-17(7-1)20-15-16(13-14-22(20)25-21)26-23-11-5-2-8-18(23)19-9-3-6-12-24(19)26/h2-6,8-12,14-16,18,23,25H,1,7,13H2. The van der Waals surface area contributed by atoms with E-state index in [9.17, 15) is 0 Å². The van der Waals surface area contributed by atoms with Crippen molar-refractivity contribution >= 4 is 23.9 Å². The molecule has 0 fully saturated rings. The lowest BCUT2D eigenvalue weighted by Crippen LogP contribution is -2.44. The Morgan fingerprint density at radius 3 is 3.00 bits per heavy atom. The molecule has 0 saturated heterocycles. The molecule has 3 atom stereocenters. The van der Waals surface area contributed by atoms with Gasteiger partial charge in [0.2, 0.25) is 0 Å². The molecule has 3 aliphatic carbocycles. The summed E-state index contributed by atoms with van der Waals surface area (Å²) in [5, 5.41) is 2.76. The maximum absolute atomic E-state index is 3.62. The van der Waals surface area contributed by atoms with Crippen LogP contribution < -0.4 is 15.5 Å². The van der Waals surface area contributed by atoms with E-state index in [4.69, 9.17) is 0 Å². The van der Waals surface area contributed by atoms with Gasteiger partial charge in [-0.3, -0.25) is 0 Å². The lowest BCUT2D eigenvalue weighted by molar-refractivity contribution is 0.634. The fourth-order valence-electron chi connectivity index (χ4n) is 5.19. The Morgan fingerprint density at radius 1 is 1.08 bits per heavy atom. The molecule has 2 nitrogen and oxygen atoms in total. The van der Waals surface area contributed by atoms with E-state index in [1.165, 1.54) is 33.1 Å². The Hall–Kier alpha value is -2.74. The van der Waals surface area contributed by atoms with Crippen LogP contribution in [0.1, 0.15) is 35.6 Å². The van der Waals surface area contributed by atoms with E-state index in [2.05, 4.69) is 82.8 Å². The molecule has 2 heteroatoms. The Labute approximate surface area is 153 Å². The maximum Gasteiger partial charge on any atom is 0.0586 e. The summed E-state index contributed by atoms with van der Waals surface area (Å²) < 4.78 is 0. The summed E-state index contributed by atoms with van der Waals surface area (Å²) >= 11 is 0. The van der Waals surface area contributed by atoms with Crippen LogP contribution in [-0.2, 0) is 6.42 Å². The van der Waals surface area contributed by atoms with Gasteiger partial charge in [0.15, 0.2) is 0 Å². The molecule has 3 unspecified atom stereocenters. The van der Waals surface area contributed by atoms with Crippen LogP contribution in [-0.4, -0.2) is 17.1 Å². The second kappa shape index (κ2) is 5.38. The molecule has 0 saturated carbocycles. The normalized spacial score (nSPS) is 27.2. The molecule has 1 N–H and O–H groups in total. The van der Waals surface area contributed by atoms with Crippen LogP contribution in [0.4, 0.5) is 5.69 Å². The molecule has 0 bridgehead atoms. The minimum absolute atomic E-state index is 0.417. The Morgan fingerprint density at radius 2 is 2.00 bits per heavy atom. The number of H-pyrrole nitrogens is 1. The topological polar surface area (TPSA) is 19.0 Å². The van der Waals surface area contributed by atoms with Crippen LogP contribution in [0.15, 0.2) is 54.6 Å². The lowest BCUT2D eigenvalue weighted by Gasteiger charge is -2.35. The second-order valence-corrected chi connectivity index (χ2v) is 7.71. The molecule has 1 aliphatic heterocycles. The highest BCUT2D eigenvalue weighted by molar-refractivity contribution is 5.70. The van der Waals surface area contributed by atoms with Gasteiger partial charge in [-0.05, 0) is 42.5 Å². The third-order valence-corrected chi connectivity index (χ3v) is 6.34. The molecule has 0 radical (unpaired) electrons. The van der Waals surface area contributed by atoms with Gasteiger partial charge in [0.1, 0.15) is 0 Å². The van der Waals surface area contributed by atoms with Crippen LogP contribution in [0.3, 0.4) is 0 Å². The lowest BCUT2D eigenvalue weighted by atomic mass is 9.91. The van der Waals surface area contributed by atoms with E-state index in [0.29, 0.717) is 18.0 Å². The highest BCUT2D eigenvalue weighted by Gasteiger charge is 2.39. The van der Waals surface area contributed by atoms with Gasteiger partial charge >= 0.3 is 0 Å². The van der Waals surface area contributed by atoms with E-state index in [1.54, 1.807) is 0 Å². The van der Waals surface area contributed by atoms with Crippen molar-refractivity contribution in [2.75, 3.05) is 4.90 Å². The van der Waals surface area contributed by atoms with Crippen molar-refractivity contribution < 1.29 is 0 Å². The molecule has 2 heterocycles. The first kappa shape index (κ1) is 14.4. The summed E-state index contributed by atoms with van der Waals surface area (Å²) in [6, 6.07) is 9.81. The number of aromatic nitrogens is 1. The number of nitrogens with zero attached hydrogens (tertiary/aromatic N) is 1. The number of hydrogen-bond donors (Lipinski definition) is 1. The molecule has 1 aromatic carbocycles. The highest BCUT2D eigenvalue weighted by Crippen LogP contribution is 2.45. The highest BCUT2D eigenvalue weighted by atomic mass is 15.2. The van der Waals surface area contributed by atoms with Gasteiger partial charge in [-0.2, -0.15) is 0 Å². The molecule has 1 aromatic heterocycles. The van der Waals surface area contributed by atoms with Crippen molar-refractivity contribution in [1.82, 2.24) is 4.98 Å². The summed E-state index contributed by atoms with van der Waals surface area (Å²) in [6.07, 6.45) is 22.0. The van der Waals surface area contributed by atoms with Gasteiger partial charge in [-0.25, -0.2) is 0 Å². The zero-order valence-electron chi connectivity index (χ0n) is 14.7. The predicted molar refractivity (Wildman–Crippen MR) is 108 cm³/mol. The zero-order chi connectivity index (χ0) is 17.1. The smallest absolute Gasteiger partial charge is 0.0586 e. The summed E-state index contributed by atoms with van der Waals surface area (Å²) in [6.45, 7) is 0. The SMILES string of the molecule is C1=CC2c3ccccc3N(C3C=c4c5c([nH]c4=CC3)C=CCC5)C2C=C1. The van der Waals surface area contributed by atoms with Crippen molar-refractivity contribution in [3.63, 3.8) is 0 Å². The van der Waals surface area contributed by atoms with E-state index in [1.807, 2.05) is 0 Å². The van der Waals surface area contributed by atoms with Crippen molar-refractivity contribution in [2.24, 2.45) is 0 Å². The average molecular weight is 338 g/mol. The summed E-state index contributed by atoms with van der Waals surface area (Å²) in [4.78, 5) is 6.27. The molecule has 128 valence electrons. The number of allylic oxidation sites excluding steroid dienone is 3. The van der Waals surface area contributed by atoms with Crippen molar-refractivity contribution in [3.05, 3.63) is 82.0 Å². The van der Waals surface area contributed by atoms with Gasteiger partial charge in [0, 0.05) is 27.9 Å². The molecular formula is C24H22N2. The van der Waals surface area contributed by atoms with Gasteiger partial charge in [-0.15, -0.1) is 0 Å². The molecule has 26 heavy (non-hydrogen) atoms. The largest absolute Gasteiger partial charge is 0.357 e. The Kier molecular flexibility index (Phi) is 2.98. The van der Waals surface area contributed by atoms with Gasteiger partial charge in [0.05, 0.1) is 12.1 Å². The predicted octanol–water partition coefficient (Wildman–Crippen LogP) is 3.41. The third kappa shape index (κ3) is 1.93. The molecule has 0 amide bonds. The number of hydrogen-bond acceptors (Lipinski definition) is 1. The summed E-state index contributed by atoms with van der Waals surface area (Å²) in [5.74, 6) is 0.481. The van der Waals surface area contributed by atoms with Crippen LogP contribution in [0.5, 0.6) is 0 Å². The molecule has 4 aliphatic rings. The monoisotopic (exact) mass is 338 g/mol. The van der Waals surface area contributed by atoms with Crippen LogP contribution in [0, 0.1) is 0 Å². The number of anilines is 1. The first-order chi connectivity index (χ1) is 12.9. The molecule has 2 aromatic rings. The minimum atomic E-state index is 0.417. The van der Waals surface area contributed by atoms with Gasteiger partial charge in [0.25, 0.3) is 0 Å². The number of benzene rings is 1. The van der Waals surface area contributed by atoms with Crippen LogP contribution in [0.25, 0.3) is 18.2 Å². The number of fused-ring (bicyclic) bond motifs is 6. The average Bonchev–Trinajstić information content (AvgIpc) is 3.23. The summed E-state index contributed by atoms with van der Waals surface area (Å²) in [5.41, 5.74) is 5.69. The zero-order valence-corrected chi connectivity index (χ0v) is 14.7. The van der Waals surface area contributed by atoms with E-state index >= 15 is 0 Å². The van der Waals surface area contributed by atoms with Crippen LogP contribution >= 0.6 is 0 Å². The van der Waals surface area contributed by atoms with E-state index in [0.717, 1.165) is 19.3 Å². The quantitative estimate of drug-likeness (QED) is 0.844. The molecule has 6 rings (SSSR count). The van der Waals surface area contributed by atoms with Crippen molar-refractivity contribution in [3.8, 4) is 0 Å². The van der Waals surface area contributed by atoms with Gasteiger partial charge in [-0.1, -0.05) is 60.7 Å². The number of nitrogens with one attached hydrogen (secondary N) is 1. The van der Waals surface area contributed by atoms with E-state index in [-0.39, 0.29) is 0 Å². The first-order valence-electron chi connectivity index (χ1n) is 9.72. The van der Waals surface area contributed by atoms with Gasteiger partial charge < -0.3 is 9.88 Å². The Balaban J connectivity index is 1.50. The first-order valence-corrected chi connectivity index (χ1v) is 9.72. The molecular weight excluding hydrogens is 316 g/mol. The second-order valence-electron chi connectivity index (χ2n) is 7.71. The third-order valence-electron chi connectivity index (χ3n) is 6.34. The maximum atomic E-state index is 3.62. The van der Waals surface area contributed by atoms with Crippen molar-refractivity contribution in [2.45, 2.75) is 37.3 Å². The number of rotatable bonds is 1. The minimum Gasteiger partial charge on any atom is -0.357 e. The Bertz CT molecular complexity index is 1100. The summed E-state index contributed by atoms with van der Waals surface area (Å²) in [7, 11) is 0. The fraction of sp³-hybridized carbons (Fsp3) is 0.250. The number of para-hydroxylation sites is 1.